The van der Waals surface area contributed by atoms with E-state index in [9.17, 15) is 9.18 Å². The van der Waals surface area contributed by atoms with Gasteiger partial charge in [-0.15, -0.1) is 0 Å². The molecule has 2 rings (SSSR count). The van der Waals surface area contributed by atoms with E-state index in [0.717, 1.165) is 6.07 Å². The minimum Gasteiger partial charge on any atom is -0.439 e. The standard InChI is InChI=1S/C8H5FN2O2/c1-4-10-8-7(13-4)2-5(9)6(3-12)11-8/h2-3H,1H3. The summed E-state index contributed by atoms with van der Waals surface area (Å²) in [7, 11) is 0. The second kappa shape index (κ2) is 2.62. The average molecular weight is 180 g/mol. The Kier molecular flexibility index (Phi) is 1.58. The Balaban J connectivity index is 2.79. The van der Waals surface area contributed by atoms with Crippen LogP contribution in [0.15, 0.2) is 10.5 Å². The lowest BCUT2D eigenvalue weighted by molar-refractivity contribution is 0.111. The first-order valence-corrected chi connectivity index (χ1v) is 3.59. The van der Waals surface area contributed by atoms with E-state index in [0.29, 0.717) is 12.2 Å². The molecule has 2 heterocycles. The zero-order valence-electron chi connectivity index (χ0n) is 6.74. The Bertz CT molecular complexity index is 478. The van der Waals surface area contributed by atoms with E-state index in [1.54, 1.807) is 6.92 Å². The highest BCUT2D eigenvalue weighted by Gasteiger charge is 2.09. The summed E-state index contributed by atoms with van der Waals surface area (Å²) < 4.78 is 18.0. The molecule has 0 bridgehead atoms. The Morgan fingerprint density at radius 3 is 3.00 bits per heavy atom. The van der Waals surface area contributed by atoms with Crippen LogP contribution in [-0.4, -0.2) is 16.3 Å². The van der Waals surface area contributed by atoms with E-state index in [4.69, 9.17) is 4.42 Å². The highest BCUT2D eigenvalue weighted by atomic mass is 19.1. The van der Waals surface area contributed by atoms with Crippen LogP contribution in [0.2, 0.25) is 0 Å². The topological polar surface area (TPSA) is 56.0 Å². The third-order valence-corrected chi connectivity index (χ3v) is 1.58. The van der Waals surface area contributed by atoms with Gasteiger partial charge < -0.3 is 4.42 Å². The number of rotatable bonds is 1. The van der Waals surface area contributed by atoms with E-state index in [2.05, 4.69) is 9.97 Å². The molecule has 0 aliphatic heterocycles. The zero-order chi connectivity index (χ0) is 9.42. The molecule has 5 heteroatoms. The van der Waals surface area contributed by atoms with Gasteiger partial charge in [0.15, 0.2) is 29.2 Å². The fourth-order valence-electron chi connectivity index (χ4n) is 1.05. The summed E-state index contributed by atoms with van der Waals surface area (Å²) in [6.45, 7) is 1.63. The van der Waals surface area contributed by atoms with Gasteiger partial charge in [0, 0.05) is 13.0 Å². The molecule has 0 aliphatic carbocycles. The van der Waals surface area contributed by atoms with Gasteiger partial charge in [0.1, 0.15) is 5.69 Å². The summed E-state index contributed by atoms with van der Waals surface area (Å²) in [4.78, 5) is 17.8. The van der Waals surface area contributed by atoms with E-state index in [1.165, 1.54) is 0 Å². The largest absolute Gasteiger partial charge is 0.439 e. The van der Waals surface area contributed by atoms with Crippen LogP contribution in [0.4, 0.5) is 4.39 Å². The van der Waals surface area contributed by atoms with Gasteiger partial charge in [0.2, 0.25) is 0 Å². The number of hydrogen-bond donors (Lipinski definition) is 0. The lowest BCUT2D eigenvalue weighted by Gasteiger charge is -1.90. The van der Waals surface area contributed by atoms with Crippen molar-refractivity contribution in [3.8, 4) is 0 Å². The van der Waals surface area contributed by atoms with Gasteiger partial charge in [0.05, 0.1) is 0 Å². The molecule has 0 saturated carbocycles. The number of oxazole rings is 1. The molecule has 0 atom stereocenters. The first-order valence-electron chi connectivity index (χ1n) is 3.59. The quantitative estimate of drug-likeness (QED) is 0.623. The minimum atomic E-state index is -0.696. The van der Waals surface area contributed by atoms with Crippen LogP contribution in [-0.2, 0) is 0 Å². The number of fused-ring (bicyclic) bond motifs is 1. The maximum Gasteiger partial charge on any atom is 0.199 e. The lowest BCUT2D eigenvalue weighted by atomic mass is 10.3. The number of halogens is 1. The van der Waals surface area contributed by atoms with Gasteiger partial charge in [-0.2, -0.15) is 4.98 Å². The molecule has 0 N–H and O–H groups in total. The van der Waals surface area contributed by atoms with Crippen LogP contribution in [0.3, 0.4) is 0 Å². The monoisotopic (exact) mass is 180 g/mol. The third-order valence-electron chi connectivity index (χ3n) is 1.58. The van der Waals surface area contributed by atoms with Crippen molar-refractivity contribution in [2.75, 3.05) is 0 Å². The lowest BCUT2D eigenvalue weighted by Crippen LogP contribution is -1.92. The number of aromatic nitrogens is 2. The number of nitrogens with zero attached hydrogens (tertiary/aromatic N) is 2. The summed E-state index contributed by atoms with van der Waals surface area (Å²) in [5.74, 6) is -0.302. The van der Waals surface area contributed by atoms with Crippen molar-refractivity contribution in [1.82, 2.24) is 9.97 Å². The molecule has 0 fully saturated rings. The number of hydrogen-bond acceptors (Lipinski definition) is 4. The van der Waals surface area contributed by atoms with Gasteiger partial charge in [-0.1, -0.05) is 0 Å². The second-order valence-corrected chi connectivity index (χ2v) is 2.53. The summed E-state index contributed by atoms with van der Waals surface area (Å²) in [6, 6.07) is 1.10. The molecule has 66 valence electrons. The van der Waals surface area contributed by atoms with Crippen molar-refractivity contribution in [2.24, 2.45) is 0 Å². The van der Waals surface area contributed by atoms with Crippen LogP contribution in [0.1, 0.15) is 16.4 Å². The van der Waals surface area contributed by atoms with Crippen LogP contribution >= 0.6 is 0 Å². The Labute approximate surface area is 72.4 Å². The molecule has 0 radical (unpaired) electrons. The number of pyridine rings is 1. The molecule has 0 unspecified atom stereocenters. The van der Waals surface area contributed by atoms with Crippen molar-refractivity contribution in [2.45, 2.75) is 6.92 Å². The smallest absolute Gasteiger partial charge is 0.199 e. The van der Waals surface area contributed by atoms with Crippen molar-refractivity contribution >= 4 is 17.5 Å². The van der Waals surface area contributed by atoms with Gasteiger partial charge in [-0.25, -0.2) is 9.37 Å². The van der Waals surface area contributed by atoms with Crippen LogP contribution in [0.5, 0.6) is 0 Å². The molecule has 13 heavy (non-hydrogen) atoms. The molecular weight excluding hydrogens is 175 g/mol. The Morgan fingerprint density at radius 2 is 2.31 bits per heavy atom. The van der Waals surface area contributed by atoms with Crippen molar-refractivity contribution < 1.29 is 13.6 Å². The van der Waals surface area contributed by atoms with Crippen molar-refractivity contribution in [1.29, 1.82) is 0 Å². The molecule has 0 amide bonds. The number of carbonyl (C=O) groups excluding carboxylic acids is 1. The first-order chi connectivity index (χ1) is 6.20. The van der Waals surface area contributed by atoms with Crippen LogP contribution in [0, 0.1) is 12.7 Å². The average Bonchev–Trinajstić information content (AvgIpc) is 2.42. The molecule has 0 aliphatic rings. The highest BCUT2D eigenvalue weighted by Crippen LogP contribution is 2.15. The molecule has 0 saturated heterocycles. The SMILES string of the molecule is Cc1nc2nc(C=O)c(F)cc2o1. The zero-order valence-corrected chi connectivity index (χ0v) is 6.74. The van der Waals surface area contributed by atoms with Crippen molar-refractivity contribution in [3.05, 3.63) is 23.5 Å². The predicted octanol–water partition coefficient (Wildman–Crippen LogP) is 1.48. The molecular formula is C8H5FN2O2. The molecule has 4 nitrogen and oxygen atoms in total. The molecule has 2 aromatic rings. The summed E-state index contributed by atoms with van der Waals surface area (Å²) >= 11 is 0. The summed E-state index contributed by atoms with van der Waals surface area (Å²) in [5.41, 5.74) is 0.252. The summed E-state index contributed by atoms with van der Waals surface area (Å²) in [5, 5.41) is 0. The number of aryl methyl sites for hydroxylation is 1. The molecule has 2 aromatic heterocycles. The summed E-state index contributed by atoms with van der Waals surface area (Å²) in [6.07, 6.45) is 0.346. The number of carbonyl (C=O) groups is 1. The van der Waals surface area contributed by atoms with Gasteiger partial charge in [-0.05, 0) is 0 Å². The van der Waals surface area contributed by atoms with E-state index < -0.39 is 5.82 Å². The van der Waals surface area contributed by atoms with Crippen LogP contribution in [0.25, 0.3) is 11.2 Å². The molecule has 0 spiro atoms. The fourth-order valence-corrected chi connectivity index (χ4v) is 1.05. The Hall–Kier alpha value is -1.78. The van der Waals surface area contributed by atoms with Gasteiger partial charge in [0.25, 0.3) is 0 Å². The highest BCUT2D eigenvalue weighted by molar-refractivity contribution is 5.78. The second-order valence-electron chi connectivity index (χ2n) is 2.53. The van der Waals surface area contributed by atoms with E-state index in [-0.39, 0.29) is 16.9 Å². The normalized spacial score (nSPS) is 10.6. The molecule has 0 aromatic carbocycles. The van der Waals surface area contributed by atoms with Crippen molar-refractivity contribution in [3.63, 3.8) is 0 Å². The fraction of sp³-hybridized carbons (Fsp3) is 0.125. The van der Waals surface area contributed by atoms with Gasteiger partial charge in [-0.3, -0.25) is 4.79 Å². The Morgan fingerprint density at radius 1 is 1.54 bits per heavy atom. The van der Waals surface area contributed by atoms with E-state index in [1.807, 2.05) is 0 Å². The minimum absolute atomic E-state index is 0.249. The van der Waals surface area contributed by atoms with E-state index >= 15 is 0 Å². The number of aldehydes is 1. The first kappa shape index (κ1) is 7.85. The predicted molar refractivity (Wildman–Crippen MR) is 41.9 cm³/mol. The van der Waals surface area contributed by atoms with Gasteiger partial charge >= 0.3 is 0 Å². The maximum atomic E-state index is 12.9. The van der Waals surface area contributed by atoms with Crippen LogP contribution < -0.4 is 0 Å². The third kappa shape index (κ3) is 1.18. The maximum absolute atomic E-state index is 12.9.